The van der Waals surface area contributed by atoms with Gasteiger partial charge in [-0.3, -0.25) is 19.2 Å². The molecule has 5 heterocycles. The summed E-state index contributed by atoms with van der Waals surface area (Å²) in [6.07, 6.45) is -0.734. The number of carboxylic acid groups (broad SMARTS) is 1. The number of benzene rings is 1. The number of nitrogens with zero attached hydrogens (tertiary/aromatic N) is 4. The highest BCUT2D eigenvalue weighted by atomic mass is 19.4. The molecule has 0 aliphatic carbocycles. The van der Waals surface area contributed by atoms with Gasteiger partial charge in [0.2, 0.25) is 0 Å². The molecule has 0 spiro atoms. The van der Waals surface area contributed by atoms with Crippen LogP contribution < -0.4 is 5.56 Å². The zero-order valence-corrected chi connectivity index (χ0v) is 19.2. The van der Waals surface area contributed by atoms with Gasteiger partial charge in [0.1, 0.15) is 0 Å². The molecule has 2 aliphatic rings. The maximum absolute atomic E-state index is 13.0. The van der Waals surface area contributed by atoms with Crippen LogP contribution >= 0.6 is 0 Å². The highest BCUT2D eigenvalue weighted by molar-refractivity contribution is 5.89. The van der Waals surface area contributed by atoms with Gasteiger partial charge in [-0.1, -0.05) is 6.07 Å². The molecule has 36 heavy (non-hydrogen) atoms. The van der Waals surface area contributed by atoms with Gasteiger partial charge in [0.05, 0.1) is 28.5 Å². The molecule has 1 amide bonds. The van der Waals surface area contributed by atoms with Gasteiger partial charge in [0.25, 0.3) is 5.56 Å². The number of aromatic nitrogens is 3. The Hall–Kier alpha value is -4.08. The molecule has 184 valence electrons. The fourth-order valence-corrected chi connectivity index (χ4v) is 5.74. The molecule has 2 bridgehead atoms. The molecule has 2 aliphatic heterocycles. The smallest absolute Gasteiger partial charge is 0.417 e. The van der Waals surface area contributed by atoms with E-state index in [4.69, 9.17) is 0 Å². The predicted molar refractivity (Wildman–Crippen MR) is 126 cm³/mol. The molecular formula is C26H21F3N4O3. The van der Waals surface area contributed by atoms with Crippen molar-refractivity contribution < 1.29 is 23.1 Å². The molecule has 0 saturated carbocycles. The van der Waals surface area contributed by atoms with Gasteiger partial charge in [0, 0.05) is 60.2 Å². The van der Waals surface area contributed by atoms with Gasteiger partial charge in [-0.15, -0.1) is 0 Å². The second-order valence-electron chi connectivity index (χ2n) is 9.32. The lowest BCUT2D eigenvalue weighted by molar-refractivity contribution is -0.137. The average Bonchev–Trinajstić information content (AvgIpc) is 3.31. The van der Waals surface area contributed by atoms with Gasteiger partial charge in [-0.05, 0) is 43.2 Å². The standard InChI is InChI=1S/C26H21F3N4O3/c1-31-21-11-16(3-5-18(21)24-20-7-4-17(12-22(24)31)33(20)25(35)36)32-9-8-14(10-23(32)34)19-6-2-15(13-30-19)26(27,28)29/h2-3,5-6,8-11,13,17,20H,4,7,12H2,1H3,(H,35,36). The van der Waals surface area contributed by atoms with Crippen molar-refractivity contribution in [2.24, 2.45) is 7.05 Å². The summed E-state index contributed by atoms with van der Waals surface area (Å²) in [6, 6.07) is 10.7. The van der Waals surface area contributed by atoms with Gasteiger partial charge < -0.3 is 9.67 Å². The second kappa shape index (κ2) is 7.71. The molecule has 4 aromatic rings. The van der Waals surface area contributed by atoms with Gasteiger partial charge in [-0.25, -0.2) is 4.79 Å². The summed E-state index contributed by atoms with van der Waals surface area (Å²) in [6.45, 7) is 0. The van der Waals surface area contributed by atoms with Crippen LogP contribution in [0.3, 0.4) is 0 Å². The first kappa shape index (κ1) is 22.4. The molecule has 1 fully saturated rings. The summed E-state index contributed by atoms with van der Waals surface area (Å²) in [5.41, 5.74) is 3.23. The van der Waals surface area contributed by atoms with Crippen molar-refractivity contribution in [2.45, 2.75) is 37.5 Å². The molecule has 10 heteroatoms. The lowest BCUT2D eigenvalue weighted by Crippen LogP contribution is -2.41. The summed E-state index contributed by atoms with van der Waals surface area (Å²) in [4.78, 5) is 30.3. The highest BCUT2D eigenvalue weighted by Gasteiger charge is 2.45. The van der Waals surface area contributed by atoms with E-state index in [0.29, 0.717) is 17.7 Å². The summed E-state index contributed by atoms with van der Waals surface area (Å²) in [7, 11) is 1.96. The molecule has 1 N–H and O–H groups in total. The third-order valence-corrected chi connectivity index (χ3v) is 7.42. The van der Waals surface area contributed by atoms with E-state index in [2.05, 4.69) is 9.55 Å². The fourth-order valence-electron chi connectivity index (χ4n) is 5.74. The van der Waals surface area contributed by atoms with Gasteiger partial charge in [0.15, 0.2) is 0 Å². The van der Waals surface area contributed by atoms with Crippen LogP contribution in [0.1, 0.15) is 35.7 Å². The quantitative estimate of drug-likeness (QED) is 0.418. The normalized spacial score (nSPS) is 19.1. The van der Waals surface area contributed by atoms with Crippen molar-refractivity contribution in [3.8, 4) is 16.9 Å². The Balaban J connectivity index is 1.38. The van der Waals surface area contributed by atoms with E-state index in [1.54, 1.807) is 17.2 Å². The maximum atomic E-state index is 13.0. The topological polar surface area (TPSA) is 80.4 Å². The van der Waals surface area contributed by atoms with E-state index in [1.165, 1.54) is 16.7 Å². The van der Waals surface area contributed by atoms with Crippen LogP contribution in [0.25, 0.3) is 27.8 Å². The van der Waals surface area contributed by atoms with Crippen molar-refractivity contribution in [2.75, 3.05) is 0 Å². The summed E-state index contributed by atoms with van der Waals surface area (Å²) in [5, 5.41) is 10.7. The van der Waals surface area contributed by atoms with E-state index in [1.807, 2.05) is 25.2 Å². The molecule has 2 atom stereocenters. The third-order valence-electron chi connectivity index (χ3n) is 7.42. The zero-order chi connectivity index (χ0) is 25.4. The highest BCUT2D eigenvalue weighted by Crippen LogP contribution is 2.47. The summed E-state index contributed by atoms with van der Waals surface area (Å²) in [5.74, 6) is 0. The Kier molecular flexibility index (Phi) is 4.79. The van der Waals surface area contributed by atoms with Crippen LogP contribution in [-0.4, -0.2) is 36.3 Å². The lowest BCUT2D eigenvalue weighted by Gasteiger charge is -2.33. The number of rotatable bonds is 2. The van der Waals surface area contributed by atoms with E-state index < -0.39 is 17.8 Å². The molecule has 6 rings (SSSR count). The minimum absolute atomic E-state index is 0.0172. The monoisotopic (exact) mass is 494 g/mol. The SMILES string of the molecule is Cn1c2c(c3ccc(-n4ccc(-c5ccc(C(F)(F)F)cn5)cc4=O)cc31)C1CCC(C2)N1C(=O)O. The molecule has 3 aromatic heterocycles. The Morgan fingerprint density at radius 2 is 1.92 bits per heavy atom. The minimum Gasteiger partial charge on any atom is -0.465 e. The van der Waals surface area contributed by atoms with Crippen LogP contribution in [0.4, 0.5) is 18.0 Å². The minimum atomic E-state index is -4.48. The molecule has 0 radical (unpaired) electrons. The summed E-state index contributed by atoms with van der Waals surface area (Å²) < 4.78 is 42.0. The van der Waals surface area contributed by atoms with Crippen molar-refractivity contribution in [1.82, 2.24) is 19.0 Å². The van der Waals surface area contributed by atoms with Crippen molar-refractivity contribution in [3.63, 3.8) is 0 Å². The van der Waals surface area contributed by atoms with Crippen molar-refractivity contribution in [3.05, 3.63) is 82.0 Å². The molecule has 7 nitrogen and oxygen atoms in total. The van der Waals surface area contributed by atoms with Gasteiger partial charge in [-0.2, -0.15) is 13.2 Å². The number of amides is 1. The number of hydrogen-bond donors (Lipinski definition) is 1. The van der Waals surface area contributed by atoms with E-state index in [0.717, 1.165) is 47.3 Å². The molecule has 2 unspecified atom stereocenters. The number of carbonyl (C=O) groups is 1. The van der Waals surface area contributed by atoms with Crippen LogP contribution in [0, 0.1) is 0 Å². The Labute approximate surface area is 203 Å². The van der Waals surface area contributed by atoms with E-state index in [9.17, 15) is 27.9 Å². The van der Waals surface area contributed by atoms with Crippen LogP contribution in [-0.2, 0) is 19.6 Å². The largest absolute Gasteiger partial charge is 0.465 e. The predicted octanol–water partition coefficient (Wildman–Crippen LogP) is 5.15. The number of hydrogen-bond acceptors (Lipinski definition) is 3. The first-order valence-electron chi connectivity index (χ1n) is 11.5. The Morgan fingerprint density at radius 1 is 1.11 bits per heavy atom. The van der Waals surface area contributed by atoms with E-state index >= 15 is 0 Å². The Morgan fingerprint density at radius 3 is 2.58 bits per heavy atom. The number of alkyl halides is 3. The zero-order valence-electron chi connectivity index (χ0n) is 19.2. The number of fused-ring (bicyclic) bond motifs is 6. The maximum Gasteiger partial charge on any atom is 0.417 e. The first-order chi connectivity index (χ1) is 17.1. The molecule has 1 saturated heterocycles. The van der Waals surface area contributed by atoms with Crippen LogP contribution in [0.15, 0.2) is 59.7 Å². The second-order valence-corrected chi connectivity index (χ2v) is 9.32. The number of pyridine rings is 2. The molecule has 1 aromatic carbocycles. The number of aryl methyl sites for hydroxylation is 1. The third kappa shape index (κ3) is 3.31. The summed E-state index contributed by atoms with van der Waals surface area (Å²) >= 11 is 0. The fraction of sp³-hybridized carbons (Fsp3) is 0.269. The molecular weight excluding hydrogens is 473 g/mol. The first-order valence-corrected chi connectivity index (χ1v) is 11.5. The number of halogens is 3. The van der Waals surface area contributed by atoms with Crippen molar-refractivity contribution >= 4 is 17.0 Å². The lowest BCUT2D eigenvalue weighted by atomic mass is 9.97. The average molecular weight is 494 g/mol. The van der Waals surface area contributed by atoms with Crippen molar-refractivity contribution in [1.29, 1.82) is 0 Å². The van der Waals surface area contributed by atoms with E-state index in [-0.39, 0.29) is 23.3 Å². The van der Waals surface area contributed by atoms with Crippen LogP contribution in [0.2, 0.25) is 0 Å². The van der Waals surface area contributed by atoms with Gasteiger partial charge >= 0.3 is 12.3 Å². The Bertz CT molecular complexity index is 1590. The van der Waals surface area contributed by atoms with Crippen LogP contribution in [0.5, 0.6) is 0 Å².